The van der Waals surface area contributed by atoms with Gasteiger partial charge in [-0.25, -0.2) is 9.97 Å². The molecule has 0 bridgehead atoms. The number of nitrogens with two attached hydrogens (primary N) is 1. The summed E-state index contributed by atoms with van der Waals surface area (Å²) in [5, 5.41) is 4.48. The number of nitrogens with zero attached hydrogens (tertiary/aromatic N) is 4. The van der Waals surface area contributed by atoms with Crippen molar-refractivity contribution in [3.05, 3.63) is 53.9 Å². The maximum Gasteiger partial charge on any atom is 0.141 e. The third-order valence-electron chi connectivity index (χ3n) is 6.81. The van der Waals surface area contributed by atoms with Crippen LogP contribution in [0.15, 0.2) is 42.5 Å². The predicted molar refractivity (Wildman–Crippen MR) is 130 cm³/mol. The van der Waals surface area contributed by atoms with Crippen molar-refractivity contribution >= 4 is 22.4 Å². The van der Waals surface area contributed by atoms with Crippen molar-refractivity contribution in [2.75, 3.05) is 63.6 Å². The van der Waals surface area contributed by atoms with E-state index in [4.69, 9.17) is 20.4 Å². The number of nitrogens with one attached hydrogen (secondary N) is 1. The molecule has 7 heteroatoms. The number of ether oxygens (including phenoxy) is 1. The molecule has 2 aromatic carbocycles. The summed E-state index contributed by atoms with van der Waals surface area (Å²) in [6, 6.07) is 14.9. The maximum absolute atomic E-state index is 5.78. The lowest BCUT2D eigenvalue weighted by Gasteiger charge is -2.34. The quantitative estimate of drug-likeness (QED) is 0.594. The standard InChI is InChI=1S/C25H32N6O/c1-30-13-15-31(16-14-30)19-5-8-21-22(17-19)28-24(29-23(21)27-12-11-26)25(9-10-25)18-3-6-20(32-2)7-4-18/h3-8,17H,9-16,26H2,1-2H3,(H,27,28,29). The molecule has 0 spiro atoms. The summed E-state index contributed by atoms with van der Waals surface area (Å²) in [7, 11) is 3.88. The first-order valence-electron chi connectivity index (χ1n) is 11.5. The van der Waals surface area contributed by atoms with E-state index in [1.54, 1.807) is 7.11 Å². The number of anilines is 2. The summed E-state index contributed by atoms with van der Waals surface area (Å²) in [6.45, 7) is 5.47. The lowest BCUT2D eigenvalue weighted by Crippen LogP contribution is -2.44. The first-order chi connectivity index (χ1) is 15.6. The average Bonchev–Trinajstić information content (AvgIpc) is 3.64. The minimum Gasteiger partial charge on any atom is -0.497 e. The summed E-state index contributed by atoms with van der Waals surface area (Å²) in [6.07, 6.45) is 2.11. The van der Waals surface area contributed by atoms with Gasteiger partial charge in [-0.15, -0.1) is 0 Å². The third kappa shape index (κ3) is 3.87. The highest BCUT2D eigenvalue weighted by Gasteiger charge is 2.49. The summed E-state index contributed by atoms with van der Waals surface area (Å²) in [5.41, 5.74) is 9.13. The number of methoxy groups -OCH3 is 1. The zero-order valence-corrected chi connectivity index (χ0v) is 19.0. The van der Waals surface area contributed by atoms with Crippen LogP contribution in [0.2, 0.25) is 0 Å². The normalized spacial score (nSPS) is 18.0. The molecule has 0 radical (unpaired) electrons. The summed E-state index contributed by atoms with van der Waals surface area (Å²) in [5.74, 6) is 2.64. The highest BCUT2D eigenvalue weighted by molar-refractivity contribution is 5.91. The number of fused-ring (bicyclic) bond motifs is 1. The van der Waals surface area contributed by atoms with Crippen molar-refractivity contribution in [1.29, 1.82) is 0 Å². The van der Waals surface area contributed by atoms with Gasteiger partial charge in [-0.3, -0.25) is 0 Å². The number of piperazine rings is 1. The molecule has 1 aromatic heterocycles. The number of rotatable bonds is 7. The molecule has 2 aliphatic rings. The first kappa shape index (κ1) is 21.0. The number of aromatic nitrogens is 2. The van der Waals surface area contributed by atoms with Crippen LogP contribution in [-0.2, 0) is 5.41 Å². The largest absolute Gasteiger partial charge is 0.497 e. The highest BCUT2D eigenvalue weighted by atomic mass is 16.5. The van der Waals surface area contributed by atoms with Gasteiger partial charge in [-0.1, -0.05) is 12.1 Å². The van der Waals surface area contributed by atoms with Crippen molar-refractivity contribution in [2.45, 2.75) is 18.3 Å². The van der Waals surface area contributed by atoms with Crippen LogP contribution >= 0.6 is 0 Å². The molecule has 2 fully saturated rings. The zero-order valence-electron chi connectivity index (χ0n) is 19.0. The second-order valence-electron chi connectivity index (χ2n) is 8.91. The molecule has 0 atom stereocenters. The van der Waals surface area contributed by atoms with Crippen LogP contribution < -0.4 is 20.7 Å². The Kier molecular flexibility index (Phi) is 5.61. The molecule has 3 N–H and O–H groups in total. The summed E-state index contributed by atoms with van der Waals surface area (Å²) in [4.78, 5) is 15.0. The first-order valence-corrected chi connectivity index (χ1v) is 11.5. The minimum absolute atomic E-state index is 0.122. The van der Waals surface area contributed by atoms with Crippen LogP contribution in [0, 0.1) is 0 Å². The van der Waals surface area contributed by atoms with Gasteiger partial charge >= 0.3 is 0 Å². The minimum atomic E-state index is -0.122. The van der Waals surface area contributed by atoms with E-state index in [9.17, 15) is 0 Å². The van der Waals surface area contributed by atoms with Crippen molar-refractivity contribution in [1.82, 2.24) is 14.9 Å². The van der Waals surface area contributed by atoms with E-state index in [-0.39, 0.29) is 5.41 Å². The monoisotopic (exact) mass is 432 g/mol. The molecule has 168 valence electrons. The second kappa shape index (κ2) is 8.56. The molecule has 1 saturated carbocycles. The molecular weight excluding hydrogens is 400 g/mol. The van der Waals surface area contributed by atoms with Crippen LogP contribution in [0.3, 0.4) is 0 Å². The maximum atomic E-state index is 5.78. The SMILES string of the molecule is COc1ccc(C2(c3nc(NCCN)c4ccc(N5CCN(C)CC5)cc4n3)CC2)cc1. The Morgan fingerprint density at radius 2 is 1.78 bits per heavy atom. The van der Waals surface area contributed by atoms with E-state index in [0.29, 0.717) is 13.1 Å². The molecule has 1 aliphatic heterocycles. The van der Waals surface area contributed by atoms with E-state index in [1.165, 1.54) is 11.3 Å². The Morgan fingerprint density at radius 1 is 1.03 bits per heavy atom. The Labute approximate surface area is 189 Å². The third-order valence-corrected chi connectivity index (χ3v) is 6.81. The fourth-order valence-corrected chi connectivity index (χ4v) is 4.60. The highest BCUT2D eigenvalue weighted by Crippen LogP contribution is 2.53. The van der Waals surface area contributed by atoms with Crippen molar-refractivity contribution in [2.24, 2.45) is 5.73 Å². The Morgan fingerprint density at radius 3 is 2.44 bits per heavy atom. The van der Waals surface area contributed by atoms with Crippen molar-refractivity contribution < 1.29 is 4.74 Å². The lowest BCUT2D eigenvalue weighted by atomic mass is 9.94. The van der Waals surface area contributed by atoms with Crippen LogP contribution in [0.4, 0.5) is 11.5 Å². The van der Waals surface area contributed by atoms with E-state index in [0.717, 1.165) is 67.3 Å². The Bertz CT molecular complexity index is 1090. The number of hydrogen-bond donors (Lipinski definition) is 2. The molecule has 3 aromatic rings. The fourth-order valence-electron chi connectivity index (χ4n) is 4.60. The number of benzene rings is 2. The van der Waals surface area contributed by atoms with Gasteiger partial charge in [-0.2, -0.15) is 0 Å². The molecule has 32 heavy (non-hydrogen) atoms. The molecule has 0 amide bonds. The number of likely N-dealkylation sites (N-methyl/N-ethyl adjacent to an activating group) is 1. The van der Waals surface area contributed by atoms with Gasteiger partial charge in [-0.05, 0) is 55.8 Å². The molecule has 7 nitrogen and oxygen atoms in total. The van der Waals surface area contributed by atoms with Crippen molar-refractivity contribution in [3.8, 4) is 5.75 Å². The molecule has 5 rings (SSSR count). The number of hydrogen-bond acceptors (Lipinski definition) is 7. The van der Waals surface area contributed by atoms with E-state index in [2.05, 4.69) is 52.5 Å². The summed E-state index contributed by atoms with van der Waals surface area (Å²) < 4.78 is 5.35. The smallest absolute Gasteiger partial charge is 0.141 e. The predicted octanol–water partition coefficient (Wildman–Crippen LogP) is 2.84. The van der Waals surface area contributed by atoms with Crippen LogP contribution in [0.1, 0.15) is 24.2 Å². The van der Waals surface area contributed by atoms with E-state index in [1.807, 2.05) is 12.1 Å². The van der Waals surface area contributed by atoms with E-state index >= 15 is 0 Å². The van der Waals surface area contributed by atoms with E-state index < -0.39 is 0 Å². The molecule has 2 heterocycles. The molecule has 1 saturated heterocycles. The molecule has 1 aliphatic carbocycles. The van der Waals surface area contributed by atoms with Crippen LogP contribution in [0.25, 0.3) is 10.9 Å². The fraction of sp³-hybridized carbons (Fsp3) is 0.440. The molecular formula is C25H32N6O. The Balaban J connectivity index is 1.55. The van der Waals surface area contributed by atoms with Crippen molar-refractivity contribution in [3.63, 3.8) is 0 Å². The van der Waals surface area contributed by atoms with Gasteiger partial charge in [0.05, 0.1) is 18.0 Å². The van der Waals surface area contributed by atoms with Gasteiger partial charge in [0.25, 0.3) is 0 Å². The summed E-state index contributed by atoms with van der Waals surface area (Å²) >= 11 is 0. The van der Waals surface area contributed by atoms with Gasteiger partial charge in [0.2, 0.25) is 0 Å². The topological polar surface area (TPSA) is 79.5 Å². The van der Waals surface area contributed by atoms with Gasteiger partial charge in [0, 0.05) is 50.3 Å². The van der Waals surface area contributed by atoms with Gasteiger partial charge in [0.15, 0.2) is 0 Å². The average molecular weight is 433 g/mol. The van der Waals surface area contributed by atoms with Gasteiger partial charge in [0.1, 0.15) is 17.4 Å². The van der Waals surface area contributed by atoms with Crippen LogP contribution in [0.5, 0.6) is 5.75 Å². The zero-order chi connectivity index (χ0) is 22.1. The lowest BCUT2D eigenvalue weighted by molar-refractivity contribution is 0.313. The Hall–Kier alpha value is -2.90. The molecule has 0 unspecified atom stereocenters. The van der Waals surface area contributed by atoms with Crippen LogP contribution in [-0.4, -0.2) is 68.3 Å². The second-order valence-corrected chi connectivity index (χ2v) is 8.91. The van der Waals surface area contributed by atoms with Gasteiger partial charge < -0.3 is 25.6 Å².